The average Bonchev–Trinajstić information content (AvgIpc) is 2.34. The molecular formula is C8H9FS. The molecular weight excluding hydrogens is 147 g/mol. The lowest BCUT2D eigenvalue weighted by atomic mass is 9.99. The van der Waals surface area contributed by atoms with Gasteiger partial charge in [0.1, 0.15) is 5.82 Å². The van der Waals surface area contributed by atoms with Crippen molar-refractivity contribution in [3.63, 3.8) is 0 Å². The molecule has 0 aromatic carbocycles. The average molecular weight is 156 g/mol. The van der Waals surface area contributed by atoms with Crippen LogP contribution in [0.4, 0.5) is 4.39 Å². The second kappa shape index (κ2) is 2.35. The van der Waals surface area contributed by atoms with Crippen LogP contribution in [0.15, 0.2) is 5.38 Å². The molecule has 1 aliphatic rings. The van der Waals surface area contributed by atoms with E-state index >= 15 is 0 Å². The van der Waals surface area contributed by atoms with Gasteiger partial charge in [0.2, 0.25) is 0 Å². The maximum absolute atomic E-state index is 12.8. The zero-order valence-corrected chi connectivity index (χ0v) is 6.51. The van der Waals surface area contributed by atoms with E-state index in [0.29, 0.717) is 0 Å². The van der Waals surface area contributed by atoms with Gasteiger partial charge in [-0.3, -0.25) is 0 Å². The Hall–Kier alpha value is -0.370. The fourth-order valence-electron chi connectivity index (χ4n) is 1.45. The second-order valence-electron chi connectivity index (χ2n) is 2.69. The van der Waals surface area contributed by atoms with Crippen LogP contribution in [-0.2, 0) is 12.8 Å². The Kier molecular flexibility index (Phi) is 1.49. The quantitative estimate of drug-likeness (QED) is 0.542. The second-order valence-corrected chi connectivity index (χ2v) is 3.66. The molecule has 10 heavy (non-hydrogen) atoms. The smallest absolute Gasteiger partial charge is 0.137 e. The molecule has 0 radical (unpaired) electrons. The Morgan fingerprint density at radius 2 is 2.10 bits per heavy atom. The summed E-state index contributed by atoms with van der Waals surface area (Å²) in [4.78, 5) is 1.28. The molecule has 0 N–H and O–H groups in total. The number of thiophene rings is 1. The highest BCUT2D eigenvalue weighted by Crippen LogP contribution is 2.28. The molecule has 0 atom stereocenters. The summed E-state index contributed by atoms with van der Waals surface area (Å²) in [6, 6.07) is 0. The highest BCUT2D eigenvalue weighted by atomic mass is 32.1. The first-order chi connectivity index (χ1) is 4.88. The van der Waals surface area contributed by atoms with Crippen LogP contribution in [0.25, 0.3) is 0 Å². The molecule has 0 aliphatic heterocycles. The number of hydrogen-bond donors (Lipinski definition) is 0. The Bertz CT molecular complexity index is 239. The van der Waals surface area contributed by atoms with Crippen LogP contribution in [0.5, 0.6) is 0 Å². The first-order valence-electron chi connectivity index (χ1n) is 3.62. The normalized spacial score (nSPS) is 16.9. The summed E-state index contributed by atoms with van der Waals surface area (Å²) in [5.41, 5.74) is 0.997. The molecule has 1 aromatic rings. The molecule has 0 bridgehead atoms. The highest BCUT2D eigenvalue weighted by molar-refractivity contribution is 7.10. The maximum Gasteiger partial charge on any atom is 0.137 e. The van der Waals surface area contributed by atoms with Crippen molar-refractivity contribution in [2.24, 2.45) is 0 Å². The molecule has 0 spiro atoms. The SMILES string of the molecule is Fc1csc2c1CCCC2. The van der Waals surface area contributed by atoms with E-state index < -0.39 is 0 Å². The van der Waals surface area contributed by atoms with Gasteiger partial charge in [-0.2, -0.15) is 0 Å². The van der Waals surface area contributed by atoms with Crippen LogP contribution in [0.2, 0.25) is 0 Å². The van der Waals surface area contributed by atoms with Crippen molar-refractivity contribution >= 4 is 11.3 Å². The molecule has 2 rings (SSSR count). The van der Waals surface area contributed by atoms with Crippen LogP contribution in [0.3, 0.4) is 0 Å². The number of hydrogen-bond acceptors (Lipinski definition) is 1. The molecule has 0 saturated heterocycles. The van der Waals surface area contributed by atoms with Crippen molar-refractivity contribution in [3.8, 4) is 0 Å². The third-order valence-corrected chi connectivity index (χ3v) is 3.07. The molecule has 0 amide bonds. The van der Waals surface area contributed by atoms with E-state index in [1.54, 1.807) is 16.7 Å². The lowest BCUT2D eigenvalue weighted by Gasteiger charge is -2.09. The number of rotatable bonds is 0. The first-order valence-corrected chi connectivity index (χ1v) is 4.50. The van der Waals surface area contributed by atoms with Gasteiger partial charge in [-0.1, -0.05) is 0 Å². The third-order valence-electron chi connectivity index (χ3n) is 2.01. The summed E-state index contributed by atoms with van der Waals surface area (Å²) in [6.07, 6.45) is 4.47. The lowest BCUT2D eigenvalue weighted by Crippen LogP contribution is -1.99. The Balaban J connectivity index is 2.45. The van der Waals surface area contributed by atoms with E-state index in [2.05, 4.69) is 0 Å². The third kappa shape index (κ3) is 0.870. The van der Waals surface area contributed by atoms with Crippen LogP contribution >= 0.6 is 11.3 Å². The summed E-state index contributed by atoms with van der Waals surface area (Å²) in [6.45, 7) is 0. The van der Waals surface area contributed by atoms with E-state index in [4.69, 9.17) is 0 Å². The highest BCUT2D eigenvalue weighted by Gasteiger charge is 2.14. The van der Waals surface area contributed by atoms with Gasteiger partial charge in [-0.15, -0.1) is 11.3 Å². The van der Waals surface area contributed by atoms with E-state index in [0.717, 1.165) is 18.4 Å². The number of aryl methyl sites for hydroxylation is 1. The van der Waals surface area contributed by atoms with Crippen LogP contribution in [0.1, 0.15) is 23.3 Å². The maximum atomic E-state index is 12.8. The predicted octanol–water partition coefficient (Wildman–Crippen LogP) is 2.77. The largest absolute Gasteiger partial charge is 0.206 e. The van der Waals surface area contributed by atoms with Gasteiger partial charge in [0.25, 0.3) is 0 Å². The van der Waals surface area contributed by atoms with Crippen LogP contribution < -0.4 is 0 Å². The zero-order valence-electron chi connectivity index (χ0n) is 5.69. The van der Waals surface area contributed by atoms with Crippen molar-refractivity contribution in [1.82, 2.24) is 0 Å². The molecule has 54 valence electrons. The summed E-state index contributed by atoms with van der Waals surface area (Å²) in [5, 5.41) is 1.63. The summed E-state index contributed by atoms with van der Waals surface area (Å²) in [5.74, 6) is 0.0275. The van der Waals surface area contributed by atoms with Crippen molar-refractivity contribution in [2.75, 3.05) is 0 Å². The topological polar surface area (TPSA) is 0 Å². The Morgan fingerprint density at radius 1 is 1.30 bits per heavy atom. The minimum atomic E-state index is 0.0275. The molecule has 0 saturated carbocycles. The lowest BCUT2D eigenvalue weighted by molar-refractivity contribution is 0.590. The Morgan fingerprint density at radius 3 is 2.90 bits per heavy atom. The predicted molar refractivity (Wildman–Crippen MR) is 40.9 cm³/mol. The van der Waals surface area contributed by atoms with Gasteiger partial charge >= 0.3 is 0 Å². The van der Waals surface area contributed by atoms with E-state index in [1.807, 2.05) is 0 Å². The fraction of sp³-hybridized carbons (Fsp3) is 0.500. The summed E-state index contributed by atoms with van der Waals surface area (Å²) >= 11 is 1.58. The van der Waals surface area contributed by atoms with Gasteiger partial charge in [0.15, 0.2) is 0 Å². The van der Waals surface area contributed by atoms with Crippen molar-refractivity contribution in [3.05, 3.63) is 21.6 Å². The van der Waals surface area contributed by atoms with E-state index in [-0.39, 0.29) is 5.82 Å². The molecule has 0 nitrogen and oxygen atoms in total. The number of halogens is 1. The molecule has 1 aromatic heterocycles. The molecule has 2 heteroatoms. The summed E-state index contributed by atoms with van der Waals surface area (Å²) in [7, 11) is 0. The minimum Gasteiger partial charge on any atom is -0.206 e. The van der Waals surface area contributed by atoms with Crippen molar-refractivity contribution < 1.29 is 4.39 Å². The van der Waals surface area contributed by atoms with Gasteiger partial charge in [0, 0.05) is 15.8 Å². The van der Waals surface area contributed by atoms with Crippen molar-refractivity contribution in [1.29, 1.82) is 0 Å². The molecule has 1 aliphatic carbocycles. The molecule has 1 heterocycles. The minimum absolute atomic E-state index is 0.0275. The van der Waals surface area contributed by atoms with E-state index in [9.17, 15) is 4.39 Å². The molecule has 0 unspecified atom stereocenters. The van der Waals surface area contributed by atoms with Crippen LogP contribution in [-0.4, -0.2) is 0 Å². The fourth-order valence-corrected chi connectivity index (χ4v) is 2.45. The number of fused-ring (bicyclic) bond motifs is 1. The van der Waals surface area contributed by atoms with Gasteiger partial charge in [0.05, 0.1) is 0 Å². The standard InChI is InChI=1S/C8H9FS/c9-7-5-10-8-4-2-1-3-6(7)8/h5H,1-4H2. The molecule has 0 fully saturated rings. The van der Waals surface area contributed by atoms with Crippen molar-refractivity contribution in [2.45, 2.75) is 25.7 Å². The van der Waals surface area contributed by atoms with Gasteiger partial charge < -0.3 is 0 Å². The summed E-state index contributed by atoms with van der Waals surface area (Å²) < 4.78 is 12.8. The first kappa shape index (κ1) is 6.35. The van der Waals surface area contributed by atoms with Gasteiger partial charge in [-0.05, 0) is 25.7 Å². The van der Waals surface area contributed by atoms with Gasteiger partial charge in [-0.25, -0.2) is 4.39 Å². The zero-order chi connectivity index (χ0) is 6.97. The Labute approximate surface area is 63.7 Å². The van der Waals surface area contributed by atoms with Crippen LogP contribution in [0, 0.1) is 5.82 Å². The monoisotopic (exact) mass is 156 g/mol. The van der Waals surface area contributed by atoms with E-state index in [1.165, 1.54) is 17.7 Å².